The smallest absolute Gasteiger partial charge is 0.0925 e. The first-order valence-corrected chi connectivity index (χ1v) is 4.79. The van der Waals surface area contributed by atoms with Gasteiger partial charge in [0, 0.05) is 5.69 Å². The molecule has 0 atom stereocenters. The highest BCUT2D eigenvalue weighted by atomic mass is 14.9. The number of nitrogens with zero attached hydrogens (tertiary/aromatic N) is 1. The van der Waals surface area contributed by atoms with E-state index in [0.717, 1.165) is 44.5 Å². The van der Waals surface area contributed by atoms with E-state index in [1.54, 1.807) is 6.33 Å². The fraction of sp³-hybridized carbons (Fsp3) is 0.667. The lowest BCUT2D eigenvalue weighted by Crippen LogP contribution is -2.04. The maximum Gasteiger partial charge on any atom is 0.0925 e. The van der Waals surface area contributed by atoms with E-state index in [4.69, 9.17) is 11.5 Å². The zero-order valence-corrected chi connectivity index (χ0v) is 7.92. The quantitative estimate of drug-likeness (QED) is 0.587. The van der Waals surface area contributed by atoms with E-state index in [2.05, 4.69) is 9.97 Å². The molecule has 0 aliphatic carbocycles. The second kappa shape index (κ2) is 5.72. The topological polar surface area (TPSA) is 80.7 Å². The van der Waals surface area contributed by atoms with E-state index in [1.165, 1.54) is 5.69 Å². The van der Waals surface area contributed by atoms with Crippen molar-refractivity contribution in [1.82, 2.24) is 9.97 Å². The summed E-state index contributed by atoms with van der Waals surface area (Å²) in [6, 6.07) is 0. The van der Waals surface area contributed by atoms with Crippen molar-refractivity contribution >= 4 is 0 Å². The van der Waals surface area contributed by atoms with Crippen molar-refractivity contribution in [2.45, 2.75) is 25.7 Å². The Balaban J connectivity index is 2.45. The second-order valence-electron chi connectivity index (χ2n) is 3.11. The number of aromatic nitrogens is 2. The number of nitrogens with one attached hydrogen (secondary N) is 1. The van der Waals surface area contributed by atoms with Crippen molar-refractivity contribution in [3.8, 4) is 0 Å². The van der Waals surface area contributed by atoms with E-state index >= 15 is 0 Å². The monoisotopic (exact) mass is 182 g/mol. The molecule has 0 spiro atoms. The first kappa shape index (κ1) is 10.2. The number of hydrogen-bond acceptors (Lipinski definition) is 3. The van der Waals surface area contributed by atoms with Crippen LogP contribution < -0.4 is 11.5 Å². The van der Waals surface area contributed by atoms with Gasteiger partial charge in [-0.25, -0.2) is 4.98 Å². The minimum atomic E-state index is 0.725. The van der Waals surface area contributed by atoms with Crippen molar-refractivity contribution < 1.29 is 0 Å². The molecule has 4 nitrogen and oxygen atoms in total. The van der Waals surface area contributed by atoms with Gasteiger partial charge in [0.2, 0.25) is 0 Å². The van der Waals surface area contributed by atoms with E-state index < -0.39 is 0 Å². The number of aromatic amines is 1. The first-order chi connectivity index (χ1) is 6.38. The summed E-state index contributed by atoms with van der Waals surface area (Å²) in [5.74, 6) is 0. The van der Waals surface area contributed by atoms with E-state index in [1.807, 2.05) is 0 Å². The highest BCUT2D eigenvalue weighted by Gasteiger charge is 2.03. The molecule has 0 unspecified atom stereocenters. The first-order valence-electron chi connectivity index (χ1n) is 4.79. The Kier molecular flexibility index (Phi) is 4.49. The van der Waals surface area contributed by atoms with E-state index in [0.29, 0.717) is 0 Å². The maximum atomic E-state index is 5.44. The molecule has 1 aromatic rings. The lowest BCUT2D eigenvalue weighted by Gasteiger charge is -2.00. The van der Waals surface area contributed by atoms with Crippen LogP contribution in [0, 0.1) is 0 Å². The van der Waals surface area contributed by atoms with Gasteiger partial charge in [-0.1, -0.05) is 0 Å². The molecule has 0 amide bonds. The molecular formula is C9H18N4. The molecule has 4 heteroatoms. The van der Waals surface area contributed by atoms with Gasteiger partial charge in [0.25, 0.3) is 0 Å². The van der Waals surface area contributed by atoms with Crippen molar-refractivity contribution in [2.24, 2.45) is 11.5 Å². The van der Waals surface area contributed by atoms with Crippen LogP contribution in [-0.4, -0.2) is 23.1 Å². The number of H-pyrrole nitrogens is 1. The number of imidazole rings is 1. The van der Waals surface area contributed by atoms with E-state index in [9.17, 15) is 0 Å². The predicted molar refractivity (Wildman–Crippen MR) is 53.3 cm³/mol. The summed E-state index contributed by atoms with van der Waals surface area (Å²) in [6.07, 6.45) is 5.73. The summed E-state index contributed by atoms with van der Waals surface area (Å²) in [7, 11) is 0. The molecule has 0 radical (unpaired) electrons. The zero-order valence-electron chi connectivity index (χ0n) is 7.92. The van der Waals surface area contributed by atoms with E-state index in [-0.39, 0.29) is 0 Å². The van der Waals surface area contributed by atoms with Gasteiger partial charge in [0.1, 0.15) is 0 Å². The molecule has 0 saturated carbocycles. The molecule has 1 rings (SSSR count). The van der Waals surface area contributed by atoms with Crippen molar-refractivity contribution in [3.05, 3.63) is 17.7 Å². The highest BCUT2D eigenvalue weighted by molar-refractivity contribution is 5.11. The van der Waals surface area contributed by atoms with Gasteiger partial charge in [0.15, 0.2) is 0 Å². The van der Waals surface area contributed by atoms with Crippen LogP contribution in [0.5, 0.6) is 0 Å². The van der Waals surface area contributed by atoms with Crippen LogP contribution in [0.15, 0.2) is 6.33 Å². The molecule has 1 aromatic heterocycles. The number of aryl methyl sites for hydroxylation is 2. The summed E-state index contributed by atoms with van der Waals surface area (Å²) in [5, 5.41) is 0. The summed E-state index contributed by atoms with van der Waals surface area (Å²) in [4.78, 5) is 7.40. The molecule has 0 aromatic carbocycles. The van der Waals surface area contributed by atoms with Gasteiger partial charge in [-0.15, -0.1) is 0 Å². The van der Waals surface area contributed by atoms with Gasteiger partial charge >= 0.3 is 0 Å². The summed E-state index contributed by atoms with van der Waals surface area (Å²) in [6.45, 7) is 1.46. The van der Waals surface area contributed by atoms with Crippen molar-refractivity contribution in [2.75, 3.05) is 13.1 Å². The Hall–Kier alpha value is -0.870. The number of nitrogens with two attached hydrogens (primary N) is 2. The van der Waals surface area contributed by atoms with Crippen molar-refractivity contribution in [1.29, 1.82) is 0 Å². The Morgan fingerprint density at radius 1 is 1.15 bits per heavy atom. The molecule has 0 fully saturated rings. The third-order valence-electron chi connectivity index (χ3n) is 2.06. The minimum absolute atomic E-state index is 0.725. The summed E-state index contributed by atoms with van der Waals surface area (Å²) in [5.41, 5.74) is 13.3. The van der Waals surface area contributed by atoms with Crippen molar-refractivity contribution in [3.63, 3.8) is 0 Å². The Morgan fingerprint density at radius 2 is 1.85 bits per heavy atom. The second-order valence-corrected chi connectivity index (χ2v) is 3.11. The highest BCUT2D eigenvalue weighted by Crippen LogP contribution is 2.07. The molecular weight excluding hydrogens is 164 g/mol. The zero-order chi connectivity index (χ0) is 9.52. The lowest BCUT2D eigenvalue weighted by atomic mass is 10.1. The summed E-state index contributed by atoms with van der Waals surface area (Å²) >= 11 is 0. The molecule has 0 saturated heterocycles. The third-order valence-corrected chi connectivity index (χ3v) is 2.06. The Morgan fingerprint density at radius 3 is 2.54 bits per heavy atom. The van der Waals surface area contributed by atoms with Crippen LogP contribution in [0.2, 0.25) is 0 Å². The molecule has 74 valence electrons. The number of hydrogen-bond donors (Lipinski definition) is 3. The lowest BCUT2D eigenvalue weighted by molar-refractivity contribution is 0.771. The van der Waals surface area contributed by atoms with Gasteiger partial charge in [-0.05, 0) is 38.8 Å². The normalized spacial score (nSPS) is 10.6. The van der Waals surface area contributed by atoms with Crippen LogP contribution in [0.1, 0.15) is 24.2 Å². The maximum absolute atomic E-state index is 5.44. The molecule has 0 aliphatic heterocycles. The molecule has 1 heterocycles. The van der Waals surface area contributed by atoms with Crippen LogP contribution in [-0.2, 0) is 12.8 Å². The largest absolute Gasteiger partial charge is 0.348 e. The van der Waals surface area contributed by atoms with Crippen LogP contribution in [0.25, 0.3) is 0 Å². The summed E-state index contributed by atoms with van der Waals surface area (Å²) < 4.78 is 0. The van der Waals surface area contributed by atoms with Gasteiger partial charge < -0.3 is 16.5 Å². The van der Waals surface area contributed by atoms with Gasteiger partial charge in [-0.2, -0.15) is 0 Å². The van der Waals surface area contributed by atoms with Crippen LogP contribution in [0.3, 0.4) is 0 Å². The Labute approximate surface area is 78.7 Å². The third kappa shape index (κ3) is 3.16. The molecule has 0 bridgehead atoms. The predicted octanol–water partition coefficient (Wildman–Crippen LogP) is 0.192. The van der Waals surface area contributed by atoms with Gasteiger partial charge in [-0.3, -0.25) is 0 Å². The fourth-order valence-electron chi connectivity index (χ4n) is 1.33. The fourth-order valence-corrected chi connectivity index (χ4v) is 1.33. The average molecular weight is 182 g/mol. The van der Waals surface area contributed by atoms with Crippen LogP contribution in [0.4, 0.5) is 0 Å². The molecule has 0 aliphatic rings. The number of rotatable bonds is 6. The molecule has 13 heavy (non-hydrogen) atoms. The average Bonchev–Trinajstić information content (AvgIpc) is 2.59. The Bertz CT molecular complexity index is 209. The SMILES string of the molecule is NCCCc1nc[nH]c1CCCN. The van der Waals surface area contributed by atoms with Gasteiger partial charge in [0.05, 0.1) is 12.0 Å². The standard InChI is InChI=1S/C9H18N4/c10-5-1-3-8-9(4-2-6-11)13-7-12-8/h7H,1-6,10-11H2,(H,12,13). The minimum Gasteiger partial charge on any atom is -0.348 e. The van der Waals surface area contributed by atoms with Crippen LogP contribution >= 0.6 is 0 Å². The molecule has 5 N–H and O–H groups in total.